The molecule has 2 aromatic carbocycles. The Morgan fingerprint density at radius 1 is 1.16 bits per heavy atom. The Morgan fingerprint density at radius 2 is 1.88 bits per heavy atom. The summed E-state index contributed by atoms with van der Waals surface area (Å²) in [5.41, 5.74) is 1.97. The van der Waals surface area contributed by atoms with E-state index in [2.05, 4.69) is 0 Å². The van der Waals surface area contributed by atoms with Crippen LogP contribution < -0.4 is 9.64 Å². The molecule has 0 unspecified atom stereocenters. The van der Waals surface area contributed by atoms with E-state index in [1.807, 2.05) is 41.3 Å². The molecule has 0 fully saturated rings. The third-order valence-corrected chi connectivity index (χ3v) is 4.91. The van der Waals surface area contributed by atoms with Gasteiger partial charge in [0.15, 0.2) is 5.78 Å². The van der Waals surface area contributed by atoms with E-state index in [1.165, 1.54) is 25.6 Å². The van der Waals surface area contributed by atoms with Crippen molar-refractivity contribution in [1.29, 1.82) is 0 Å². The predicted octanol–water partition coefficient (Wildman–Crippen LogP) is 4.81. The molecule has 0 saturated heterocycles. The zero-order valence-electron chi connectivity index (χ0n) is 13.8. The number of hydrogen-bond acceptors (Lipinski definition) is 5. The molecule has 3 rings (SSSR count). The summed E-state index contributed by atoms with van der Waals surface area (Å²) in [6, 6.07) is 13.0. The number of carbonyl (C=O) groups excluding carboxylic acids is 2. The molecule has 25 heavy (non-hydrogen) atoms. The van der Waals surface area contributed by atoms with Crippen LogP contribution in [0.2, 0.25) is 5.02 Å². The third kappa shape index (κ3) is 4.24. The second kappa shape index (κ2) is 7.33. The highest BCUT2D eigenvalue weighted by Gasteiger charge is 2.26. The van der Waals surface area contributed by atoms with E-state index in [-0.39, 0.29) is 11.8 Å². The van der Waals surface area contributed by atoms with Gasteiger partial charge in [-0.05, 0) is 36.8 Å². The highest BCUT2D eigenvalue weighted by Crippen LogP contribution is 2.48. The summed E-state index contributed by atoms with van der Waals surface area (Å²) in [5.74, 6) is 0.100. The Hall–Kier alpha value is -2.24. The Labute approximate surface area is 155 Å². The summed E-state index contributed by atoms with van der Waals surface area (Å²) in [5, 5.41) is 1.52. The van der Waals surface area contributed by atoms with Crippen LogP contribution in [0.5, 0.6) is 5.75 Å². The Kier molecular flexibility index (Phi) is 5.16. The number of rotatable bonds is 4. The quantitative estimate of drug-likeness (QED) is 0.437. The molecule has 0 aliphatic carbocycles. The Bertz CT molecular complexity index is 861. The fourth-order valence-electron chi connectivity index (χ4n) is 2.53. The van der Waals surface area contributed by atoms with Crippen LogP contribution in [0.1, 0.15) is 19.4 Å². The van der Waals surface area contributed by atoms with E-state index in [0.717, 1.165) is 21.2 Å². The largest absolute Gasteiger partial charge is 0.427 e. The molecular formula is C19H16ClNO3S. The number of esters is 1. The predicted molar refractivity (Wildman–Crippen MR) is 100 cm³/mol. The Balaban J connectivity index is 1.98. The standard InChI is InChI=1S/C19H16ClNO3S/c1-12(22)9-19-21(11-14-3-5-15(20)6-4-14)17-10-16(24-13(2)23)7-8-18(17)25-19/h3-10H,11H2,1-2H3/b19-9-. The van der Waals surface area contributed by atoms with Gasteiger partial charge in [-0.2, -0.15) is 0 Å². The van der Waals surface area contributed by atoms with Crippen molar-refractivity contribution >= 4 is 40.8 Å². The first kappa shape index (κ1) is 17.6. The minimum Gasteiger partial charge on any atom is -0.427 e. The van der Waals surface area contributed by atoms with Crippen molar-refractivity contribution in [3.8, 4) is 5.75 Å². The molecule has 6 heteroatoms. The molecule has 0 saturated carbocycles. The van der Waals surface area contributed by atoms with Gasteiger partial charge in [-0.15, -0.1) is 0 Å². The van der Waals surface area contributed by atoms with Gasteiger partial charge in [0.05, 0.1) is 10.7 Å². The van der Waals surface area contributed by atoms with Gasteiger partial charge in [-0.25, -0.2) is 0 Å². The van der Waals surface area contributed by atoms with E-state index in [1.54, 1.807) is 12.1 Å². The van der Waals surface area contributed by atoms with E-state index in [4.69, 9.17) is 16.3 Å². The minimum absolute atomic E-state index is 0.0170. The molecule has 0 radical (unpaired) electrons. The maximum Gasteiger partial charge on any atom is 0.308 e. The highest BCUT2D eigenvalue weighted by atomic mass is 35.5. The molecule has 1 heterocycles. The number of halogens is 1. The number of allylic oxidation sites excluding steroid dienone is 1. The molecule has 0 bridgehead atoms. The summed E-state index contributed by atoms with van der Waals surface area (Å²) in [4.78, 5) is 25.9. The second-order valence-electron chi connectivity index (χ2n) is 5.63. The maximum absolute atomic E-state index is 11.6. The van der Waals surface area contributed by atoms with Crippen molar-refractivity contribution in [2.24, 2.45) is 0 Å². The summed E-state index contributed by atoms with van der Waals surface area (Å²) in [7, 11) is 0. The molecule has 0 N–H and O–H groups in total. The van der Waals surface area contributed by atoms with Crippen LogP contribution in [0.4, 0.5) is 5.69 Å². The number of ether oxygens (including phenoxy) is 1. The lowest BCUT2D eigenvalue weighted by molar-refractivity contribution is -0.131. The SMILES string of the molecule is CC(=O)/C=C1\Sc2ccc(OC(C)=O)cc2N1Cc1ccc(Cl)cc1. The number of fused-ring (bicyclic) bond motifs is 1. The maximum atomic E-state index is 11.6. The summed E-state index contributed by atoms with van der Waals surface area (Å²) in [6.07, 6.45) is 1.62. The Morgan fingerprint density at radius 3 is 2.52 bits per heavy atom. The lowest BCUT2D eigenvalue weighted by Gasteiger charge is -2.21. The van der Waals surface area contributed by atoms with E-state index >= 15 is 0 Å². The summed E-state index contributed by atoms with van der Waals surface area (Å²) >= 11 is 7.48. The van der Waals surface area contributed by atoms with Crippen LogP contribution in [0, 0.1) is 0 Å². The van der Waals surface area contributed by atoms with E-state index in [0.29, 0.717) is 17.3 Å². The van der Waals surface area contributed by atoms with Gasteiger partial charge in [0.1, 0.15) is 5.75 Å². The molecule has 2 aromatic rings. The van der Waals surface area contributed by atoms with Crippen molar-refractivity contribution < 1.29 is 14.3 Å². The van der Waals surface area contributed by atoms with Crippen molar-refractivity contribution in [1.82, 2.24) is 0 Å². The number of thioether (sulfide) groups is 1. The minimum atomic E-state index is -0.366. The van der Waals surface area contributed by atoms with Crippen LogP contribution in [0.15, 0.2) is 58.5 Å². The van der Waals surface area contributed by atoms with Crippen molar-refractivity contribution in [3.63, 3.8) is 0 Å². The van der Waals surface area contributed by atoms with Gasteiger partial charge in [-0.3, -0.25) is 9.59 Å². The molecule has 1 aliphatic rings. The van der Waals surface area contributed by atoms with Crippen LogP contribution in [-0.2, 0) is 16.1 Å². The van der Waals surface area contributed by atoms with Gasteiger partial charge in [0.25, 0.3) is 0 Å². The van der Waals surface area contributed by atoms with Crippen LogP contribution in [0.25, 0.3) is 0 Å². The third-order valence-electron chi connectivity index (χ3n) is 3.54. The molecule has 0 amide bonds. The smallest absolute Gasteiger partial charge is 0.308 e. The van der Waals surface area contributed by atoms with E-state index < -0.39 is 0 Å². The lowest BCUT2D eigenvalue weighted by atomic mass is 10.2. The van der Waals surface area contributed by atoms with Gasteiger partial charge < -0.3 is 9.64 Å². The molecule has 0 spiro atoms. The highest BCUT2D eigenvalue weighted by molar-refractivity contribution is 8.03. The average molecular weight is 374 g/mol. The number of ketones is 1. The number of nitrogens with zero attached hydrogens (tertiary/aromatic N) is 1. The first-order valence-electron chi connectivity index (χ1n) is 7.67. The van der Waals surface area contributed by atoms with Gasteiger partial charge in [-0.1, -0.05) is 35.5 Å². The normalized spacial score (nSPS) is 14.5. The number of carbonyl (C=O) groups is 2. The van der Waals surface area contributed by atoms with Crippen molar-refractivity contribution in [3.05, 3.63) is 64.2 Å². The fourth-order valence-corrected chi connectivity index (χ4v) is 3.79. The number of anilines is 1. The molecule has 128 valence electrons. The van der Waals surface area contributed by atoms with Crippen molar-refractivity contribution in [2.75, 3.05) is 4.90 Å². The molecule has 0 aromatic heterocycles. The van der Waals surface area contributed by atoms with Crippen molar-refractivity contribution in [2.45, 2.75) is 25.3 Å². The van der Waals surface area contributed by atoms with Gasteiger partial charge >= 0.3 is 5.97 Å². The zero-order chi connectivity index (χ0) is 18.0. The number of benzene rings is 2. The molecule has 1 aliphatic heterocycles. The van der Waals surface area contributed by atoms with Crippen LogP contribution in [-0.4, -0.2) is 11.8 Å². The number of hydrogen-bond donors (Lipinski definition) is 0. The fraction of sp³-hybridized carbons (Fsp3) is 0.158. The average Bonchev–Trinajstić information content (AvgIpc) is 2.85. The lowest BCUT2D eigenvalue weighted by Crippen LogP contribution is -2.17. The molecular weight excluding hydrogens is 358 g/mol. The second-order valence-corrected chi connectivity index (χ2v) is 7.13. The van der Waals surface area contributed by atoms with E-state index in [9.17, 15) is 9.59 Å². The molecule has 4 nitrogen and oxygen atoms in total. The van der Waals surface area contributed by atoms with Gasteiger partial charge in [0, 0.05) is 35.5 Å². The monoisotopic (exact) mass is 373 g/mol. The first-order valence-corrected chi connectivity index (χ1v) is 8.86. The first-order chi connectivity index (χ1) is 11.9. The zero-order valence-corrected chi connectivity index (χ0v) is 15.4. The molecule has 0 atom stereocenters. The summed E-state index contributed by atoms with van der Waals surface area (Å²) < 4.78 is 5.19. The van der Waals surface area contributed by atoms with Gasteiger partial charge in [0.2, 0.25) is 0 Å². The topological polar surface area (TPSA) is 46.6 Å². The summed E-state index contributed by atoms with van der Waals surface area (Å²) in [6.45, 7) is 3.48. The van der Waals surface area contributed by atoms with Crippen LogP contribution >= 0.6 is 23.4 Å². The van der Waals surface area contributed by atoms with Crippen LogP contribution in [0.3, 0.4) is 0 Å².